The van der Waals surface area contributed by atoms with Crippen LogP contribution < -0.4 is 24.2 Å². The molecule has 0 aliphatic heterocycles. The van der Waals surface area contributed by atoms with Crippen molar-refractivity contribution < 1.29 is 31.8 Å². The predicted molar refractivity (Wildman–Crippen MR) is 124 cm³/mol. The molecule has 0 unspecified atom stereocenters. The van der Waals surface area contributed by atoms with E-state index in [2.05, 4.69) is 10.0 Å². The highest BCUT2D eigenvalue weighted by atomic mass is 32.2. The first-order valence-electron chi connectivity index (χ1n) is 10.3. The Morgan fingerprint density at radius 2 is 1.50 bits per heavy atom. The Labute approximate surface area is 197 Å². The fraction of sp³-hybridized carbons (Fsp3) is 0.208. The zero-order valence-corrected chi connectivity index (χ0v) is 19.5. The molecule has 0 spiro atoms. The molecule has 3 aromatic carbocycles. The Bertz CT molecular complexity index is 1220. The van der Waals surface area contributed by atoms with Crippen LogP contribution in [-0.4, -0.2) is 35.1 Å². The Balaban J connectivity index is 1.45. The minimum Gasteiger partial charge on any atom is -0.493 e. The number of methoxy groups -OCH3 is 2. The number of amides is 1. The Hall–Kier alpha value is -3.63. The fourth-order valence-electron chi connectivity index (χ4n) is 2.97. The largest absolute Gasteiger partial charge is 0.493 e. The van der Waals surface area contributed by atoms with Crippen LogP contribution in [0.2, 0.25) is 0 Å². The second-order valence-electron chi connectivity index (χ2n) is 7.14. The van der Waals surface area contributed by atoms with Crippen molar-refractivity contribution in [2.24, 2.45) is 0 Å². The lowest BCUT2D eigenvalue weighted by atomic mass is 10.2. The second kappa shape index (κ2) is 11.5. The summed E-state index contributed by atoms with van der Waals surface area (Å²) in [6, 6.07) is 17.0. The summed E-state index contributed by atoms with van der Waals surface area (Å²) in [6.07, 6.45) is -0.0295. The van der Waals surface area contributed by atoms with E-state index in [-0.39, 0.29) is 41.9 Å². The predicted octanol–water partition coefficient (Wildman–Crippen LogP) is 3.62. The van der Waals surface area contributed by atoms with Gasteiger partial charge in [0.05, 0.1) is 19.1 Å². The summed E-state index contributed by atoms with van der Waals surface area (Å²) in [5.41, 5.74) is 0.839. The van der Waals surface area contributed by atoms with Crippen molar-refractivity contribution in [3.05, 3.63) is 78.1 Å². The van der Waals surface area contributed by atoms with E-state index in [1.807, 2.05) is 0 Å². The average molecular weight is 489 g/mol. The van der Waals surface area contributed by atoms with Gasteiger partial charge in [0.2, 0.25) is 15.9 Å². The second-order valence-corrected chi connectivity index (χ2v) is 8.91. The van der Waals surface area contributed by atoms with Crippen molar-refractivity contribution in [3.63, 3.8) is 0 Å². The molecule has 0 saturated heterocycles. The standard InChI is InChI=1S/C24H25FN2O6S/c1-31-22-12-11-21(15-23(22)32-2)34(29,30)27-14-13-24(28)26-16-17-3-7-19(8-4-17)33-20-9-5-18(25)6-10-20/h3-12,15,27H,13-14,16H2,1-2H3,(H,26,28). The number of sulfonamides is 1. The van der Waals surface area contributed by atoms with Crippen molar-refractivity contribution in [2.75, 3.05) is 20.8 Å². The first-order valence-corrected chi connectivity index (χ1v) is 11.8. The number of halogens is 1. The number of carbonyl (C=O) groups excluding carboxylic acids is 1. The quantitative estimate of drug-likeness (QED) is 0.427. The molecule has 0 saturated carbocycles. The molecule has 0 radical (unpaired) electrons. The summed E-state index contributed by atoms with van der Waals surface area (Å²) < 4.78 is 56.2. The summed E-state index contributed by atoms with van der Waals surface area (Å²) in [7, 11) is -0.942. The van der Waals surface area contributed by atoms with Crippen LogP contribution in [0.5, 0.6) is 23.0 Å². The summed E-state index contributed by atoms with van der Waals surface area (Å²) in [5, 5.41) is 2.74. The monoisotopic (exact) mass is 488 g/mol. The first-order chi connectivity index (χ1) is 16.3. The molecule has 3 rings (SSSR count). The topological polar surface area (TPSA) is 103 Å². The lowest BCUT2D eigenvalue weighted by Crippen LogP contribution is -2.30. The van der Waals surface area contributed by atoms with E-state index in [1.165, 1.54) is 56.7 Å². The summed E-state index contributed by atoms with van der Waals surface area (Å²) in [4.78, 5) is 12.1. The van der Waals surface area contributed by atoms with Crippen LogP contribution in [0.1, 0.15) is 12.0 Å². The van der Waals surface area contributed by atoms with Crippen molar-refractivity contribution in [1.29, 1.82) is 0 Å². The molecule has 3 aromatic rings. The molecule has 0 atom stereocenters. The molecule has 34 heavy (non-hydrogen) atoms. The zero-order chi connectivity index (χ0) is 24.6. The van der Waals surface area contributed by atoms with Gasteiger partial charge in [0, 0.05) is 25.6 Å². The van der Waals surface area contributed by atoms with Gasteiger partial charge >= 0.3 is 0 Å². The summed E-state index contributed by atoms with van der Waals surface area (Å²) in [6.45, 7) is 0.213. The fourth-order valence-corrected chi connectivity index (χ4v) is 4.02. The zero-order valence-electron chi connectivity index (χ0n) is 18.7. The first kappa shape index (κ1) is 25.0. The van der Waals surface area contributed by atoms with Gasteiger partial charge in [0.1, 0.15) is 17.3 Å². The highest BCUT2D eigenvalue weighted by Gasteiger charge is 2.17. The molecule has 0 fully saturated rings. The van der Waals surface area contributed by atoms with E-state index in [0.29, 0.717) is 17.2 Å². The summed E-state index contributed by atoms with van der Waals surface area (Å²) >= 11 is 0. The van der Waals surface area contributed by atoms with Gasteiger partial charge in [-0.05, 0) is 54.1 Å². The van der Waals surface area contributed by atoms with Gasteiger partial charge in [0.25, 0.3) is 0 Å². The molecule has 0 aliphatic rings. The van der Waals surface area contributed by atoms with Gasteiger partial charge in [-0.1, -0.05) is 12.1 Å². The lowest BCUT2D eigenvalue weighted by molar-refractivity contribution is -0.121. The normalized spacial score (nSPS) is 11.0. The molecule has 0 bridgehead atoms. The SMILES string of the molecule is COc1ccc(S(=O)(=O)NCCC(=O)NCc2ccc(Oc3ccc(F)cc3)cc2)cc1OC. The number of hydrogen-bond donors (Lipinski definition) is 2. The minimum atomic E-state index is -3.81. The van der Waals surface area contributed by atoms with Gasteiger partial charge in [-0.2, -0.15) is 0 Å². The Morgan fingerprint density at radius 1 is 0.882 bits per heavy atom. The third-order valence-corrected chi connectivity index (χ3v) is 6.23. The molecule has 10 heteroatoms. The van der Waals surface area contributed by atoms with Crippen molar-refractivity contribution in [3.8, 4) is 23.0 Å². The van der Waals surface area contributed by atoms with E-state index < -0.39 is 10.0 Å². The van der Waals surface area contributed by atoms with Crippen LogP contribution in [-0.2, 0) is 21.4 Å². The third kappa shape index (κ3) is 6.93. The van der Waals surface area contributed by atoms with E-state index in [4.69, 9.17) is 14.2 Å². The van der Waals surface area contributed by atoms with Gasteiger partial charge in [0.15, 0.2) is 11.5 Å². The molecule has 0 aromatic heterocycles. The number of rotatable bonds is 11. The van der Waals surface area contributed by atoms with Gasteiger partial charge in [-0.25, -0.2) is 17.5 Å². The molecule has 0 heterocycles. The van der Waals surface area contributed by atoms with Crippen molar-refractivity contribution >= 4 is 15.9 Å². The summed E-state index contributed by atoms with van der Waals surface area (Å²) in [5.74, 6) is 1.14. The number of hydrogen-bond acceptors (Lipinski definition) is 6. The lowest BCUT2D eigenvalue weighted by Gasteiger charge is -2.11. The van der Waals surface area contributed by atoms with Crippen LogP contribution in [0.25, 0.3) is 0 Å². The van der Waals surface area contributed by atoms with E-state index >= 15 is 0 Å². The highest BCUT2D eigenvalue weighted by molar-refractivity contribution is 7.89. The number of carbonyl (C=O) groups is 1. The smallest absolute Gasteiger partial charge is 0.240 e. The molecule has 2 N–H and O–H groups in total. The van der Waals surface area contributed by atoms with Gasteiger partial charge < -0.3 is 19.5 Å². The Kier molecular flexibility index (Phi) is 8.44. The van der Waals surface area contributed by atoms with Crippen LogP contribution in [0.15, 0.2) is 71.6 Å². The van der Waals surface area contributed by atoms with Crippen LogP contribution in [0.3, 0.4) is 0 Å². The van der Waals surface area contributed by atoms with Gasteiger partial charge in [-0.3, -0.25) is 4.79 Å². The average Bonchev–Trinajstić information content (AvgIpc) is 2.84. The van der Waals surface area contributed by atoms with E-state index in [0.717, 1.165) is 5.56 Å². The maximum Gasteiger partial charge on any atom is 0.240 e. The Morgan fingerprint density at radius 3 is 2.12 bits per heavy atom. The number of nitrogens with one attached hydrogen (secondary N) is 2. The molecule has 1 amide bonds. The molecular weight excluding hydrogens is 463 g/mol. The third-order valence-electron chi connectivity index (χ3n) is 4.77. The molecular formula is C24H25FN2O6S. The van der Waals surface area contributed by atoms with Crippen LogP contribution in [0, 0.1) is 5.82 Å². The molecule has 8 nitrogen and oxygen atoms in total. The van der Waals surface area contributed by atoms with Crippen LogP contribution in [0.4, 0.5) is 4.39 Å². The molecule has 180 valence electrons. The van der Waals surface area contributed by atoms with E-state index in [1.54, 1.807) is 24.3 Å². The molecule has 0 aliphatic carbocycles. The van der Waals surface area contributed by atoms with Crippen LogP contribution >= 0.6 is 0 Å². The van der Waals surface area contributed by atoms with Gasteiger partial charge in [-0.15, -0.1) is 0 Å². The maximum atomic E-state index is 13.0. The number of benzene rings is 3. The maximum absolute atomic E-state index is 13.0. The van der Waals surface area contributed by atoms with Crippen molar-refractivity contribution in [2.45, 2.75) is 17.9 Å². The minimum absolute atomic E-state index is 0.00787. The van der Waals surface area contributed by atoms with E-state index in [9.17, 15) is 17.6 Å². The highest BCUT2D eigenvalue weighted by Crippen LogP contribution is 2.29. The van der Waals surface area contributed by atoms with Crippen molar-refractivity contribution in [1.82, 2.24) is 10.0 Å². The number of ether oxygens (including phenoxy) is 3.